The molecule has 1 aromatic rings. The zero-order chi connectivity index (χ0) is 19.8. The van der Waals surface area contributed by atoms with Crippen molar-refractivity contribution in [2.45, 2.75) is 51.4 Å². The monoisotopic (exact) mass is 438 g/mol. The summed E-state index contributed by atoms with van der Waals surface area (Å²) in [5.41, 5.74) is 6.30. The topological polar surface area (TPSA) is 64.3 Å². The van der Waals surface area contributed by atoms with E-state index in [1.165, 1.54) is 44.9 Å². The number of carbonyl (C=O) groups is 1. The molecule has 0 saturated heterocycles. The molecule has 0 aliphatic heterocycles. The Balaban J connectivity index is 0.00000300. The number of thioether (sulfide) groups is 1. The second kappa shape index (κ2) is 12.1. The minimum absolute atomic E-state index is 0. The van der Waals surface area contributed by atoms with Crippen LogP contribution in [0.5, 0.6) is 5.75 Å². The number of amides is 1. The molecule has 29 heavy (non-hydrogen) atoms. The lowest BCUT2D eigenvalue weighted by Gasteiger charge is -2.45. The Bertz CT molecular complexity index is 646. The molecule has 2 fully saturated rings. The number of benzene rings is 1. The smallest absolute Gasteiger partial charge is 0.252 e. The van der Waals surface area contributed by atoms with E-state index in [2.05, 4.69) is 5.32 Å². The average molecular weight is 439 g/mol. The molecule has 2 radical (unpaired) electrons. The first-order chi connectivity index (χ1) is 13.6. The normalized spacial score (nSPS) is 23.2. The van der Waals surface area contributed by atoms with Crippen LogP contribution in [-0.4, -0.2) is 37.1 Å². The molecule has 0 aromatic heterocycles. The molecular weight excluding hydrogens is 404 g/mol. The number of hydrogen-bond donors (Lipinski definition) is 2. The van der Waals surface area contributed by atoms with Crippen LogP contribution in [0.2, 0.25) is 5.02 Å². The maximum absolute atomic E-state index is 12.8. The third-order valence-electron chi connectivity index (χ3n) is 6.13. The van der Waals surface area contributed by atoms with Gasteiger partial charge < -0.3 is 15.8 Å². The molecule has 2 aliphatic carbocycles. The molecule has 0 spiro atoms. The molecule has 0 unspecified atom stereocenters. The highest BCUT2D eigenvalue weighted by Gasteiger charge is 2.39. The Morgan fingerprint density at radius 3 is 2.76 bits per heavy atom. The summed E-state index contributed by atoms with van der Waals surface area (Å²) in [4.78, 5) is 12.8. The molecule has 3 rings (SSSR count). The summed E-state index contributed by atoms with van der Waals surface area (Å²) in [6.45, 7) is 2.11. The molecule has 3 N–H and O–H groups in total. The van der Waals surface area contributed by atoms with E-state index < -0.39 is 0 Å². The maximum atomic E-state index is 12.8. The predicted octanol–water partition coefficient (Wildman–Crippen LogP) is 5.22. The van der Waals surface area contributed by atoms with Gasteiger partial charge in [0, 0.05) is 18.8 Å². The molecule has 1 amide bonds. The number of carbonyl (C=O) groups excluding carboxylic acids is 1. The van der Waals surface area contributed by atoms with Gasteiger partial charge in [-0.3, -0.25) is 4.79 Å². The van der Waals surface area contributed by atoms with E-state index in [4.69, 9.17) is 22.1 Å². The van der Waals surface area contributed by atoms with Gasteiger partial charge in [0.15, 0.2) is 0 Å². The third kappa shape index (κ3) is 7.08. The Labute approximate surface area is 185 Å². The van der Waals surface area contributed by atoms with Gasteiger partial charge in [-0.2, -0.15) is 11.8 Å². The molecule has 6 heteroatoms. The molecule has 162 valence electrons. The largest absolute Gasteiger partial charge is 0.494 e. The quantitative estimate of drug-likeness (QED) is 0.491. The summed E-state index contributed by atoms with van der Waals surface area (Å²) in [5.74, 6) is 3.49. The van der Waals surface area contributed by atoms with Gasteiger partial charge in [0.1, 0.15) is 5.75 Å². The first kappa shape index (κ1) is 24.4. The highest BCUT2D eigenvalue weighted by atomic mass is 35.5. The van der Waals surface area contributed by atoms with E-state index in [-0.39, 0.29) is 13.3 Å². The number of ether oxygens (including phenoxy) is 1. The van der Waals surface area contributed by atoms with Crippen molar-refractivity contribution in [1.29, 1.82) is 0 Å². The summed E-state index contributed by atoms with van der Waals surface area (Å²) in [5, 5.41) is 3.66. The fourth-order valence-corrected chi connectivity index (χ4v) is 5.63. The number of nitrogens with one attached hydrogen (secondary N) is 1. The van der Waals surface area contributed by atoms with Crippen molar-refractivity contribution in [1.82, 2.24) is 5.32 Å². The van der Waals surface area contributed by atoms with E-state index in [9.17, 15) is 4.79 Å². The van der Waals surface area contributed by atoms with Gasteiger partial charge in [-0.15, -0.1) is 0 Å². The molecule has 2 aliphatic rings. The lowest BCUT2D eigenvalue weighted by Crippen LogP contribution is -2.43. The van der Waals surface area contributed by atoms with E-state index in [1.807, 2.05) is 17.8 Å². The van der Waals surface area contributed by atoms with E-state index >= 15 is 0 Å². The Kier molecular flexibility index (Phi) is 10.1. The number of rotatable bonds is 10. The molecule has 2 bridgehead atoms. The predicted molar refractivity (Wildman–Crippen MR) is 124 cm³/mol. The van der Waals surface area contributed by atoms with Gasteiger partial charge in [-0.05, 0) is 61.0 Å². The van der Waals surface area contributed by atoms with Gasteiger partial charge in [0.25, 0.3) is 5.91 Å². The van der Waals surface area contributed by atoms with Crippen molar-refractivity contribution in [3.63, 3.8) is 0 Å². The Morgan fingerprint density at radius 2 is 2.03 bits per heavy atom. The van der Waals surface area contributed by atoms with Gasteiger partial charge in [0.05, 0.1) is 17.2 Å². The van der Waals surface area contributed by atoms with Crippen LogP contribution in [0.25, 0.3) is 0 Å². The number of halogens is 1. The van der Waals surface area contributed by atoms with Crippen LogP contribution in [0.4, 0.5) is 0 Å². The van der Waals surface area contributed by atoms with Crippen LogP contribution in [0, 0.1) is 18.8 Å². The Morgan fingerprint density at radius 1 is 1.28 bits per heavy atom. The van der Waals surface area contributed by atoms with E-state index in [0.717, 1.165) is 30.4 Å². The van der Waals surface area contributed by atoms with Gasteiger partial charge >= 0.3 is 0 Å². The molecular formula is C23H35ClN2O2S. The van der Waals surface area contributed by atoms with E-state index in [0.29, 0.717) is 34.9 Å². The van der Waals surface area contributed by atoms with Gasteiger partial charge in [0.2, 0.25) is 0 Å². The fourth-order valence-electron chi connectivity index (χ4n) is 4.74. The average Bonchev–Trinajstić information content (AvgIpc) is 2.70. The molecule has 4 nitrogen and oxygen atoms in total. The van der Waals surface area contributed by atoms with Crippen molar-refractivity contribution < 1.29 is 9.53 Å². The molecule has 0 atom stereocenters. The number of fused-ring (bicyclic) bond motifs is 2. The number of hydrogen-bond acceptors (Lipinski definition) is 4. The van der Waals surface area contributed by atoms with Crippen LogP contribution >= 0.6 is 23.4 Å². The first-order valence-electron chi connectivity index (χ1n) is 10.6. The van der Waals surface area contributed by atoms with Crippen LogP contribution in [-0.2, 0) is 0 Å². The first-order valence-corrected chi connectivity index (χ1v) is 12.1. The highest BCUT2D eigenvalue weighted by Crippen LogP contribution is 2.48. The van der Waals surface area contributed by atoms with Gasteiger partial charge in [-0.25, -0.2) is 0 Å². The van der Waals surface area contributed by atoms with Crippen molar-refractivity contribution in [3.8, 4) is 5.75 Å². The lowest BCUT2D eigenvalue weighted by atomic mass is 9.62. The second-order valence-corrected chi connectivity index (χ2v) is 9.91. The Hall–Kier alpha value is -0.910. The molecule has 1 aromatic carbocycles. The second-order valence-electron chi connectivity index (χ2n) is 8.28. The zero-order valence-corrected chi connectivity index (χ0v) is 19.0. The fraction of sp³-hybridized carbons (Fsp3) is 0.652. The van der Waals surface area contributed by atoms with Crippen molar-refractivity contribution in [3.05, 3.63) is 36.2 Å². The minimum Gasteiger partial charge on any atom is -0.494 e. The summed E-state index contributed by atoms with van der Waals surface area (Å²) >= 11 is 8.14. The summed E-state index contributed by atoms with van der Waals surface area (Å²) < 4.78 is 5.81. The minimum atomic E-state index is -0.0870. The highest BCUT2D eigenvalue weighted by molar-refractivity contribution is 7.99. The van der Waals surface area contributed by atoms with Crippen molar-refractivity contribution in [2.75, 3.05) is 31.2 Å². The van der Waals surface area contributed by atoms with Crippen LogP contribution in [0.15, 0.2) is 18.2 Å². The number of nitrogens with two attached hydrogens (primary N) is 1. The van der Waals surface area contributed by atoms with E-state index in [1.54, 1.807) is 12.1 Å². The molecule has 2 saturated carbocycles. The van der Waals surface area contributed by atoms with Crippen molar-refractivity contribution in [2.24, 2.45) is 17.1 Å². The van der Waals surface area contributed by atoms with Gasteiger partial charge in [-0.1, -0.05) is 44.7 Å². The lowest BCUT2D eigenvalue weighted by molar-refractivity contribution is 0.0681. The SMILES string of the molecule is NCCSCCCOc1ccc(Cl)c(C(=O)NCC23CCCC(CCC2)C3)c1.[CH2]. The standard InChI is InChI=1S/C22H33ClN2O2S.CH2/c23-20-7-6-18(27-11-3-12-28-13-10-24)14-19(20)21(26)25-16-22-8-1-4-17(15-22)5-2-9-22;/h6-7,14,17H,1-5,8-13,15-16,24H2,(H,25,26);1H2. The van der Waals surface area contributed by atoms with Crippen LogP contribution in [0.1, 0.15) is 61.7 Å². The summed E-state index contributed by atoms with van der Waals surface area (Å²) in [6.07, 6.45) is 10.0. The van der Waals surface area contributed by atoms with Crippen LogP contribution in [0.3, 0.4) is 0 Å². The summed E-state index contributed by atoms with van der Waals surface area (Å²) in [7, 11) is 0. The third-order valence-corrected chi connectivity index (χ3v) is 7.56. The maximum Gasteiger partial charge on any atom is 0.252 e. The van der Waals surface area contributed by atoms with Crippen molar-refractivity contribution >= 4 is 29.3 Å². The zero-order valence-electron chi connectivity index (χ0n) is 17.4. The molecule has 0 heterocycles. The van der Waals surface area contributed by atoms with Crippen LogP contribution < -0.4 is 15.8 Å². The summed E-state index contributed by atoms with van der Waals surface area (Å²) in [6, 6.07) is 5.36.